The highest BCUT2D eigenvalue weighted by molar-refractivity contribution is 5.98. The van der Waals surface area contributed by atoms with Gasteiger partial charge in [-0.15, -0.1) is 18.3 Å². The van der Waals surface area contributed by atoms with E-state index in [0.717, 1.165) is 12.1 Å². The molecule has 0 saturated heterocycles. The van der Waals surface area contributed by atoms with Crippen LogP contribution in [0.1, 0.15) is 15.9 Å². The molecule has 2 rings (SSSR count). The van der Waals surface area contributed by atoms with E-state index in [-0.39, 0.29) is 30.3 Å². The number of alkyl halides is 3. The Labute approximate surface area is 152 Å². The van der Waals surface area contributed by atoms with Crippen molar-refractivity contribution in [1.29, 1.82) is 0 Å². The number of ether oxygens (including phenoxy) is 2. The highest BCUT2D eigenvalue weighted by atomic mass is 19.4. The Balaban J connectivity index is 1.80. The lowest BCUT2D eigenvalue weighted by Crippen LogP contribution is -2.36. The lowest BCUT2D eigenvalue weighted by molar-refractivity contribution is -0.274. The summed E-state index contributed by atoms with van der Waals surface area (Å²) in [5.74, 6) is -1.21. The Hall–Kier alpha value is -3.24. The Morgan fingerprint density at radius 1 is 1.19 bits per heavy atom. The summed E-state index contributed by atoms with van der Waals surface area (Å²) in [6.07, 6.45) is -3.30. The van der Waals surface area contributed by atoms with Crippen molar-refractivity contribution in [2.24, 2.45) is 7.05 Å². The standard InChI is InChI=1S/C16H17F3N4O4/c1-23-9-12(15(22-23)26-2)14(25)21-8-13(24)20-7-10-3-5-11(6-4-10)27-16(17,18)19/h3-6,9H,7-8H2,1-2H3,(H,20,24)(H,21,25). The van der Waals surface area contributed by atoms with Gasteiger partial charge in [-0.3, -0.25) is 14.3 Å². The first kappa shape index (κ1) is 20.1. The molecule has 1 aromatic carbocycles. The van der Waals surface area contributed by atoms with E-state index < -0.39 is 18.2 Å². The third-order valence-corrected chi connectivity index (χ3v) is 3.29. The van der Waals surface area contributed by atoms with Gasteiger partial charge in [0, 0.05) is 19.8 Å². The minimum absolute atomic E-state index is 0.0806. The molecule has 0 radical (unpaired) electrons. The van der Waals surface area contributed by atoms with Crippen LogP contribution in [0.25, 0.3) is 0 Å². The second-order valence-corrected chi connectivity index (χ2v) is 5.38. The van der Waals surface area contributed by atoms with E-state index >= 15 is 0 Å². The molecule has 11 heteroatoms. The first-order chi connectivity index (χ1) is 12.7. The van der Waals surface area contributed by atoms with E-state index in [1.54, 1.807) is 7.05 Å². The molecule has 2 aromatic rings. The van der Waals surface area contributed by atoms with Crippen LogP contribution in [0.2, 0.25) is 0 Å². The normalized spacial score (nSPS) is 11.0. The fourth-order valence-electron chi connectivity index (χ4n) is 2.10. The first-order valence-corrected chi connectivity index (χ1v) is 7.65. The topological polar surface area (TPSA) is 94.5 Å². The van der Waals surface area contributed by atoms with E-state index in [4.69, 9.17) is 4.74 Å². The summed E-state index contributed by atoms with van der Waals surface area (Å²) in [6.45, 7) is -0.205. The molecule has 0 fully saturated rings. The monoisotopic (exact) mass is 386 g/mol. The van der Waals surface area contributed by atoms with Crippen LogP contribution in [0.3, 0.4) is 0 Å². The molecule has 2 amide bonds. The van der Waals surface area contributed by atoms with Crippen molar-refractivity contribution < 1.29 is 32.2 Å². The largest absolute Gasteiger partial charge is 0.573 e. The zero-order valence-electron chi connectivity index (χ0n) is 14.5. The number of nitrogens with one attached hydrogen (secondary N) is 2. The van der Waals surface area contributed by atoms with E-state index in [2.05, 4.69) is 20.5 Å². The maximum absolute atomic E-state index is 12.1. The Kier molecular flexibility index (Phi) is 6.27. The summed E-state index contributed by atoms with van der Waals surface area (Å²) < 4.78 is 46.4. The molecule has 2 N–H and O–H groups in total. The predicted molar refractivity (Wildman–Crippen MR) is 87.1 cm³/mol. The Bertz CT molecular complexity index is 803. The summed E-state index contributed by atoms with van der Waals surface area (Å²) in [7, 11) is 2.99. The number of hydrogen-bond acceptors (Lipinski definition) is 5. The maximum Gasteiger partial charge on any atom is 0.573 e. The van der Waals surface area contributed by atoms with Gasteiger partial charge in [0.2, 0.25) is 11.8 Å². The molecule has 8 nitrogen and oxygen atoms in total. The average molecular weight is 386 g/mol. The van der Waals surface area contributed by atoms with Crippen LogP contribution in [0.4, 0.5) is 13.2 Å². The summed E-state index contributed by atoms with van der Waals surface area (Å²) in [5.41, 5.74) is 0.756. The lowest BCUT2D eigenvalue weighted by Gasteiger charge is -2.10. The number of amides is 2. The highest BCUT2D eigenvalue weighted by Gasteiger charge is 2.30. The van der Waals surface area contributed by atoms with Crippen LogP contribution in [0.5, 0.6) is 11.6 Å². The predicted octanol–water partition coefficient (Wildman–Crippen LogP) is 1.37. The third kappa shape index (κ3) is 6.20. The molecule has 0 aliphatic rings. The first-order valence-electron chi connectivity index (χ1n) is 7.65. The van der Waals surface area contributed by atoms with Gasteiger partial charge in [0.1, 0.15) is 11.3 Å². The number of benzene rings is 1. The molecule has 0 atom stereocenters. The van der Waals surface area contributed by atoms with E-state index in [0.29, 0.717) is 5.56 Å². The quantitative estimate of drug-likeness (QED) is 0.750. The molecule has 146 valence electrons. The molecular formula is C16H17F3N4O4. The van der Waals surface area contributed by atoms with Gasteiger partial charge >= 0.3 is 6.36 Å². The van der Waals surface area contributed by atoms with Crippen LogP contribution in [0.15, 0.2) is 30.5 Å². The smallest absolute Gasteiger partial charge is 0.479 e. The van der Waals surface area contributed by atoms with Gasteiger partial charge in [0.15, 0.2) is 0 Å². The molecule has 1 heterocycles. The van der Waals surface area contributed by atoms with Crippen LogP contribution in [-0.4, -0.2) is 41.6 Å². The number of aromatic nitrogens is 2. The van der Waals surface area contributed by atoms with Crippen LogP contribution in [-0.2, 0) is 18.4 Å². The SMILES string of the molecule is COc1nn(C)cc1C(=O)NCC(=O)NCc1ccc(OC(F)(F)F)cc1. The van der Waals surface area contributed by atoms with Gasteiger partial charge in [0.05, 0.1) is 13.7 Å². The van der Waals surface area contributed by atoms with E-state index in [1.165, 1.54) is 30.1 Å². The second-order valence-electron chi connectivity index (χ2n) is 5.38. The summed E-state index contributed by atoms with van der Waals surface area (Å²) in [6, 6.07) is 5.07. The number of carbonyl (C=O) groups is 2. The molecule has 27 heavy (non-hydrogen) atoms. The number of nitrogens with zero attached hydrogens (tertiary/aromatic N) is 2. The van der Waals surface area contributed by atoms with E-state index in [9.17, 15) is 22.8 Å². The average Bonchev–Trinajstić information content (AvgIpc) is 2.98. The molecule has 0 saturated carbocycles. The van der Waals surface area contributed by atoms with Crippen molar-refractivity contribution in [2.45, 2.75) is 12.9 Å². The Morgan fingerprint density at radius 3 is 2.44 bits per heavy atom. The zero-order chi connectivity index (χ0) is 20.0. The van der Waals surface area contributed by atoms with Gasteiger partial charge < -0.3 is 20.1 Å². The molecule has 0 unspecified atom stereocenters. The number of carbonyl (C=O) groups excluding carboxylic acids is 2. The fraction of sp³-hybridized carbons (Fsp3) is 0.312. The van der Waals surface area contributed by atoms with Gasteiger partial charge in [0.25, 0.3) is 5.91 Å². The van der Waals surface area contributed by atoms with Gasteiger partial charge in [-0.2, -0.15) is 0 Å². The minimum atomic E-state index is -4.76. The number of aryl methyl sites for hydroxylation is 1. The number of halogens is 3. The summed E-state index contributed by atoms with van der Waals surface area (Å²) in [5, 5.41) is 8.90. The lowest BCUT2D eigenvalue weighted by atomic mass is 10.2. The fourth-order valence-corrected chi connectivity index (χ4v) is 2.10. The van der Waals surface area contributed by atoms with Gasteiger partial charge in [-0.05, 0) is 17.7 Å². The maximum atomic E-state index is 12.1. The van der Waals surface area contributed by atoms with E-state index in [1.807, 2.05) is 0 Å². The van der Waals surface area contributed by atoms with Crippen LogP contribution >= 0.6 is 0 Å². The van der Waals surface area contributed by atoms with Gasteiger partial charge in [-0.25, -0.2) is 0 Å². The zero-order valence-corrected chi connectivity index (χ0v) is 14.5. The highest BCUT2D eigenvalue weighted by Crippen LogP contribution is 2.22. The van der Waals surface area contributed by atoms with Crippen molar-refractivity contribution >= 4 is 11.8 Å². The molecule has 0 spiro atoms. The summed E-state index contributed by atoms with van der Waals surface area (Å²) in [4.78, 5) is 23.9. The van der Waals surface area contributed by atoms with Crippen LogP contribution < -0.4 is 20.1 Å². The molecule has 0 aliphatic carbocycles. The number of hydrogen-bond donors (Lipinski definition) is 2. The van der Waals surface area contributed by atoms with Crippen molar-refractivity contribution in [3.8, 4) is 11.6 Å². The van der Waals surface area contributed by atoms with Crippen LogP contribution in [0, 0.1) is 0 Å². The third-order valence-electron chi connectivity index (χ3n) is 3.29. The molecule has 1 aromatic heterocycles. The minimum Gasteiger partial charge on any atom is -0.479 e. The number of methoxy groups -OCH3 is 1. The Morgan fingerprint density at radius 2 is 1.85 bits per heavy atom. The summed E-state index contributed by atoms with van der Waals surface area (Å²) >= 11 is 0. The van der Waals surface area contributed by atoms with Gasteiger partial charge in [-0.1, -0.05) is 12.1 Å². The molecule has 0 bridgehead atoms. The van der Waals surface area contributed by atoms with Crippen molar-refractivity contribution in [2.75, 3.05) is 13.7 Å². The van der Waals surface area contributed by atoms with Crippen molar-refractivity contribution in [1.82, 2.24) is 20.4 Å². The molecule has 0 aliphatic heterocycles. The van der Waals surface area contributed by atoms with Crippen molar-refractivity contribution in [3.05, 3.63) is 41.6 Å². The molecular weight excluding hydrogens is 369 g/mol. The second kappa shape index (κ2) is 8.43. The van der Waals surface area contributed by atoms with Crippen molar-refractivity contribution in [3.63, 3.8) is 0 Å². The number of rotatable bonds is 7.